The summed E-state index contributed by atoms with van der Waals surface area (Å²) in [6.07, 6.45) is 4.07. The first-order valence-electron chi connectivity index (χ1n) is 5.73. The van der Waals surface area contributed by atoms with Crippen LogP contribution in [-0.4, -0.2) is 11.6 Å². The van der Waals surface area contributed by atoms with Gasteiger partial charge in [0, 0.05) is 12.4 Å². The van der Waals surface area contributed by atoms with E-state index >= 15 is 0 Å². The number of benzene rings is 1. The number of rotatable bonds is 5. The number of aromatic nitrogens is 1. The molecule has 1 aromatic heterocycles. The molecule has 0 aliphatic carbocycles. The molecule has 0 spiro atoms. The summed E-state index contributed by atoms with van der Waals surface area (Å²) in [4.78, 5) is 3.93. The molecule has 0 bridgehead atoms. The molecule has 2 rings (SSSR count). The lowest BCUT2D eigenvalue weighted by Crippen LogP contribution is -2.02. The van der Waals surface area contributed by atoms with E-state index in [-0.39, 0.29) is 11.1 Å². The van der Waals surface area contributed by atoms with E-state index in [0.717, 1.165) is 11.1 Å². The van der Waals surface area contributed by atoms with Gasteiger partial charge in [-0.3, -0.25) is 4.98 Å². The van der Waals surface area contributed by atoms with Gasteiger partial charge in [-0.15, -0.1) is 11.6 Å². The Morgan fingerprint density at radius 2 is 1.68 bits per heavy atom. The molecular formula is C14H12ClF2NO. The first-order valence-corrected chi connectivity index (χ1v) is 6.16. The second-order valence-electron chi connectivity index (χ2n) is 3.97. The van der Waals surface area contributed by atoms with Crippen LogP contribution in [-0.2, 0) is 6.42 Å². The lowest BCUT2D eigenvalue weighted by Gasteiger charge is -2.11. The van der Waals surface area contributed by atoms with Gasteiger partial charge in [0.15, 0.2) is 0 Å². The summed E-state index contributed by atoms with van der Waals surface area (Å²) >= 11 is 6.29. The summed E-state index contributed by atoms with van der Waals surface area (Å²) in [5, 5.41) is -0.219. The van der Waals surface area contributed by atoms with Crippen molar-refractivity contribution < 1.29 is 13.5 Å². The van der Waals surface area contributed by atoms with E-state index in [4.69, 9.17) is 11.6 Å². The molecule has 0 radical (unpaired) electrons. The fourth-order valence-corrected chi connectivity index (χ4v) is 2.03. The molecule has 19 heavy (non-hydrogen) atoms. The standard InChI is InChI=1S/C14H12ClF2NO/c15-13(9-10-5-7-18-8-6-10)11-1-3-12(4-2-11)19-14(16)17/h1-8,13-14H,9H2. The Bertz CT molecular complexity index is 505. The van der Waals surface area contributed by atoms with Gasteiger partial charge in [0.05, 0.1) is 5.38 Å². The summed E-state index contributed by atoms with van der Waals surface area (Å²) in [5.74, 6) is 0.131. The monoisotopic (exact) mass is 283 g/mol. The number of hydrogen-bond donors (Lipinski definition) is 0. The van der Waals surface area contributed by atoms with E-state index in [1.54, 1.807) is 24.5 Å². The molecule has 2 aromatic rings. The van der Waals surface area contributed by atoms with E-state index in [1.165, 1.54) is 12.1 Å². The lowest BCUT2D eigenvalue weighted by molar-refractivity contribution is -0.0498. The van der Waals surface area contributed by atoms with Crippen LogP contribution < -0.4 is 4.74 Å². The average Bonchev–Trinajstić information content (AvgIpc) is 2.40. The minimum atomic E-state index is -2.81. The molecule has 5 heteroatoms. The highest BCUT2D eigenvalue weighted by Crippen LogP contribution is 2.26. The van der Waals surface area contributed by atoms with Gasteiger partial charge >= 0.3 is 6.61 Å². The molecule has 2 nitrogen and oxygen atoms in total. The molecule has 1 atom stereocenters. The normalized spacial score (nSPS) is 12.4. The highest BCUT2D eigenvalue weighted by molar-refractivity contribution is 6.20. The van der Waals surface area contributed by atoms with Gasteiger partial charge in [-0.05, 0) is 41.8 Å². The number of halogens is 3. The third-order valence-corrected chi connectivity index (χ3v) is 3.04. The van der Waals surface area contributed by atoms with Crippen LogP contribution in [0.3, 0.4) is 0 Å². The van der Waals surface area contributed by atoms with Crippen LogP contribution in [0.5, 0.6) is 5.75 Å². The maximum absolute atomic E-state index is 12.0. The second-order valence-corrected chi connectivity index (χ2v) is 4.50. The average molecular weight is 284 g/mol. The Morgan fingerprint density at radius 1 is 1.05 bits per heavy atom. The van der Waals surface area contributed by atoms with Crippen molar-refractivity contribution in [2.75, 3.05) is 0 Å². The minimum Gasteiger partial charge on any atom is -0.435 e. The van der Waals surface area contributed by atoms with Crippen LogP contribution in [0.2, 0.25) is 0 Å². The topological polar surface area (TPSA) is 22.1 Å². The molecule has 1 unspecified atom stereocenters. The molecule has 100 valence electrons. The van der Waals surface area contributed by atoms with Gasteiger partial charge in [0.25, 0.3) is 0 Å². The minimum absolute atomic E-state index is 0.131. The zero-order valence-corrected chi connectivity index (χ0v) is 10.7. The Kier molecular flexibility index (Phi) is 4.68. The van der Waals surface area contributed by atoms with Gasteiger partial charge < -0.3 is 4.74 Å². The van der Waals surface area contributed by atoms with Crippen LogP contribution in [0.1, 0.15) is 16.5 Å². The van der Waals surface area contributed by atoms with Crippen molar-refractivity contribution in [2.45, 2.75) is 18.4 Å². The summed E-state index contributed by atoms with van der Waals surface area (Å²) in [5.41, 5.74) is 1.93. The molecule has 0 amide bonds. The molecule has 0 aliphatic rings. The maximum Gasteiger partial charge on any atom is 0.387 e. The SMILES string of the molecule is FC(F)Oc1ccc(C(Cl)Cc2ccncc2)cc1. The number of nitrogens with zero attached hydrogens (tertiary/aromatic N) is 1. The molecule has 0 N–H and O–H groups in total. The van der Waals surface area contributed by atoms with Crippen molar-refractivity contribution in [1.29, 1.82) is 0 Å². The van der Waals surface area contributed by atoms with Crippen molar-refractivity contribution in [3.05, 3.63) is 59.9 Å². The Hall–Kier alpha value is -1.68. The quantitative estimate of drug-likeness (QED) is 0.767. The van der Waals surface area contributed by atoms with Crippen molar-refractivity contribution in [3.63, 3.8) is 0 Å². The summed E-state index contributed by atoms with van der Waals surface area (Å²) in [7, 11) is 0. The lowest BCUT2D eigenvalue weighted by atomic mass is 10.0. The number of ether oxygens (including phenoxy) is 1. The van der Waals surface area contributed by atoms with E-state index in [1.807, 2.05) is 12.1 Å². The molecule has 0 fully saturated rings. The zero-order chi connectivity index (χ0) is 13.7. The summed E-state index contributed by atoms with van der Waals surface area (Å²) in [6.45, 7) is -2.81. The molecule has 0 saturated carbocycles. The van der Waals surface area contributed by atoms with Crippen LogP contribution in [0.15, 0.2) is 48.8 Å². The maximum atomic E-state index is 12.0. The molecular weight excluding hydrogens is 272 g/mol. The van der Waals surface area contributed by atoms with E-state index in [2.05, 4.69) is 9.72 Å². The van der Waals surface area contributed by atoms with Crippen LogP contribution in [0.25, 0.3) is 0 Å². The molecule has 0 aliphatic heterocycles. The largest absolute Gasteiger partial charge is 0.435 e. The van der Waals surface area contributed by atoms with Crippen molar-refractivity contribution in [1.82, 2.24) is 4.98 Å². The highest BCUT2D eigenvalue weighted by Gasteiger charge is 2.10. The predicted octanol–water partition coefficient (Wildman–Crippen LogP) is 4.21. The third kappa shape index (κ3) is 4.17. The number of hydrogen-bond acceptors (Lipinski definition) is 2. The predicted molar refractivity (Wildman–Crippen MR) is 69.6 cm³/mol. The van der Waals surface area contributed by atoms with Crippen LogP contribution in [0.4, 0.5) is 8.78 Å². The summed E-state index contributed by atoms with van der Waals surface area (Å²) in [6, 6.07) is 10.1. The number of alkyl halides is 3. The Morgan fingerprint density at radius 3 is 2.26 bits per heavy atom. The van der Waals surface area contributed by atoms with Gasteiger partial charge in [-0.1, -0.05) is 12.1 Å². The van der Waals surface area contributed by atoms with Gasteiger partial charge in [0.1, 0.15) is 5.75 Å². The smallest absolute Gasteiger partial charge is 0.387 e. The summed E-state index contributed by atoms with van der Waals surface area (Å²) < 4.78 is 28.3. The van der Waals surface area contributed by atoms with Crippen molar-refractivity contribution >= 4 is 11.6 Å². The van der Waals surface area contributed by atoms with E-state index < -0.39 is 6.61 Å². The van der Waals surface area contributed by atoms with Gasteiger partial charge in [0.2, 0.25) is 0 Å². The van der Waals surface area contributed by atoms with E-state index in [0.29, 0.717) is 6.42 Å². The fourth-order valence-electron chi connectivity index (χ4n) is 1.70. The fraction of sp³-hybridized carbons (Fsp3) is 0.214. The molecule has 1 aromatic carbocycles. The molecule has 0 saturated heterocycles. The first kappa shape index (κ1) is 13.7. The van der Waals surface area contributed by atoms with Crippen molar-refractivity contribution in [3.8, 4) is 5.75 Å². The Balaban J connectivity index is 2.01. The van der Waals surface area contributed by atoms with Gasteiger partial charge in [-0.2, -0.15) is 8.78 Å². The van der Waals surface area contributed by atoms with Crippen LogP contribution >= 0.6 is 11.6 Å². The molecule has 1 heterocycles. The second kappa shape index (κ2) is 6.48. The zero-order valence-electron chi connectivity index (χ0n) is 9.97. The Labute approximate surface area is 115 Å². The van der Waals surface area contributed by atoms with Gasteiger partial charge in [-0.25, -0.2) is 0 Å². The highest BCUT2D eigenvalue weighted by atomic mass is 35.5. The third-order valence-electron chi connectivity index (χ3n) is 2.63. The number of pyridine rings is 1. The van der Waals surface area contributed by atoms with E-state index in [9.17, 15) is 8.78 Å². The first-order chi connectivity index (χ1) is 9.15. The van der Waals surface area contributed by atoms with Crippen LogP contribution in [0, 0.1) is 0 Å². The van der Waals surface area contributed by atoms with Crippen molar-refractivity contribution in [2.24, 2.45) is 0 Å².